The van der Waals surface area contributed by atoms with E-state index in [0.29, 0.717) is 39.0 Å². The highest BCUT2D eigenvalue weighted by atomic mass is 35.5. The molecule has 5 aromatic rings. The summed E-state index contributed by atoms with van der Waals surface area (Å²) in [6, 6.07) is 17.1. The monoisotopic (exact) mass is 525 g/mol. The molecule has 0 saturated carbocycles. The van der Waals surface area contributed by atoms with Crippen LogP contribution in [0.15, 0.2) is 82.7 Å². The number of hydrogen-bond acceptors (Lipinski definition) is 7. The minimum Gasteiger partial charge on any atom is -0.461 e. The Hall–Kier alpha value is -3.47. The Kier molecular flexibility index (Phi) is 6.94. The van der Waals surface area contributed by atoms with E-state index in [1.807, 2.05) is 24.3 Å². The van der Waals surface area contributed by atoms with Crippen molar-refractivity contribution in [2.45, 2.75) is 11.6 Å². The zero-order valence-corrected chi connectivity index (χ0v) is 20.4. The third-order valence-corrected chi connectivity index (χ3v) is 7.12. The van der Waals surface area contributed by atoms with E-state index in [1.165, 1.54) is 41.5 Å². The highest BCUT2D eigenvalue weighted by Gasteiger charge is 2.19. The number of carbonyl (C=O) groups is 1. The summed E-state index contributed by atoms with van der Waals surface area (Å²) in [5, 5.41) is 12.9. The van der Waals surface area contributed by atoms with Crippen LogP contribution in [-0.2, 0) is 11.2 Å². The molecule has 1 amide bonds. The smallest absolute Gasteiger partial charge is 0.236 e. The van der Waals surface area contributed by atoms with Crippen molar-refractivity contribution < 1.29 is 13.6 Å². The van der Waals surface area contributed by atoms with Crippen molar-refractivity contribution in [3.05, 3.63) is 94.4 Å². The van der Waals surface area contributed by atoms with Crippen molar-refractivity contribution in [1.29, 1.82) is 0 Å². The maximum absolute atomic E-state index is 13.5. The fourth-order valence-corrected chi connectivity index (χ4v) is 5.12. The van der Waals surface area contributed by atoms with E-state index < -0.39 is 0 Å². The summed E-state index contributed by atoms with van der Waals surface area (Å²) in [6.07, 6.45) is 3.91. The summed E-state index contributed by atoms with van der Waals surface area (Å²) in [6.45, 7) is 0. The first kappa shape index (κ1) is 23.3. The van der Waals surface area contributed by atoms with Crippen molar-refractivity contribution >= 4 is 45.7 Å². The number of halogens is 2. The molecule has 0 aliphatic heterocycles. The molecule has 0 saturated heterocycles. The predicted octanol–water partition coefficient (Wildman–Crippen LogP) is 6.10. The van der Waals surface area contributed by atoms with Gasteiger partial charge < -0.3 is 9.73 Å². The molecule has 35 heavy (non-hydrogen) atoms. The van der Waals surface area contributed by atoms with E-state index in [9.17, 15) is 9.18 Å². The van der Waals surface area contributed by atoms with Crippen LogP contribution in [0.3, 0.4) is 0 Å². The molecule has 176 valence electrons. The number of anilines is 1. The number of carbonyl (C=O) groups excluding carboxylic acids is 1. The molecule has 1 N–H and O–H groups in total. The van der Waals surface area contributed by atoms with Gasteiger partial charge in [-0.05, 0) is 48.0 Å². The molecule has 5 rings (SSSR count). The first-order chi connectivity index (χ1) is 17.1. The minimum atomic E-state index is -0.354. The number of benzene rings is 2. The molecule has 7 nitrogen and oxygen atoms in total. The van der Waals surface area contributed by atoms with Gasteiger partial charge in [-0.1, -0.05) is 41.6 Å². The summed E-state index contributed by atoms with van der Waals surface area (Å²) in [7, 11) is 0. The van der Waals surface area contributed by atoms with Gasteiger partial charge in [0, 0.05) is 22.5 Å². The summed E-state index contributed by atoms with van der Waals surface area (Å²) in [5.41, 5.74) is 1.65. The molecule has 0 spiro atoms. The van der Waals surface area contributed by atoms with Gasteiger partial charge in [0.15, 0.2) is 16.0 Å². The van der Waals surface area contributed by atoms with Gasteiger partial charge in [0.1, 0.15) is 5.82 Å². The van der Waals surface area contributed by atoms with E-state index in [1.54, 1.807) is 35.0 Å². The summed E-state index contributed by atoms with van der Waals surface area (Å²) >= 11 is 8.84. The Morgan fingerprint density at radius 2 is 1.94 bits per heavy atom. The van der Waals surface area contributed by atoms with E-state index >= 15 is 0 Å². The summed E-state index contributed by atoms with van der Waals surface area (Å²) in [4.78, 5) is 17.9. The van der Waals surface area contributed by atoms with E-state index in [0.717, 1.165) is 10.4 Å². The number of rotatable bonds is 8. The van der Waals surface area contributed by atoms with Crippen LogP contribution in [0.5, 0.6) is 0 Å². The molecule has 11 heteroatoms. The van der Waals surface area contributed by atoms with Crippen LogP contribution in [0.4, 0.5) is 9.52 Å². The lowest BCUT2D eigenvalue weighted by atomic mass is 10.1. The van der Waals surface area contributed by atoms with Crippen molar-refractivity contribution in [3.63, 3.8) is 0 Å². The van der Waals surface area contributed by atoms with Gasteiger partial charge in [-0.3, -0.25) is 9.36 Å². The molecule has 0 bridgehead atoms. The third-order valence-electron chi connectivity index (χ3n) is 4.91. The Bertz CT molecular complexity index is 1450. The summed E-state index contributed by atoms with van der Waals surface area (Å²) < 4.78 is 20.7. The second-order valence-corrected chi connectivity index (χ2v) is 9.80. The van der Waals surface area contributed by atoms with Crippen LogP contribution in [0.25, 0.3) is 17.3 Å². The van der Waals surface area contributed by atoms with Crippen molar-refractivity contribution in [2.24, 2.45) is 0 Å². The number of thioether (sulfide) groups is 1. The number of nitrogens with zero attached hydrogens (tertiary/aromatic N) is 4. The molecule has 0 unspecified atom stereocenters. The Labute approximate surface area is 213 Å². The van der Waals surface area contributed by atoms with E-state index in [4.69, 9.17) is 16.0 Å². The van der Waals surface area contributed by atoms with Gasteiger partial charge in [-0.15, -0.1) is 21.5 Å². The predicted molar refractivity (Wildman–Crippen MR) is 135 cm³/mol. The summed E-state index contributed by atoms with van der Waals surface area (Å²) in [5.74, 6) is 0.450. The topological polar surface area (TPSA) is 85.8 Å². The number of furan rings is 1. The highest BCUT2D eigenvalue weighted by molar-refractivity contribution is 7.99. The fraction of sp³-hybridized carbons (Fsp3) is 0.0833. The van der Waals surface area contributed by atoms with Gasteiger partial charge in [-0.25, -0.2) is 9.37 Å². The molecule has 0 radical (unpaired) electrons. The average molecular weight is 526 g/mol. The lowest BCUT2D eigenvalue weighted by Crippen LogP contribution is -2.14. The number of hydrogen-bond donors (Lipinski definition) is 1. The standard InChI is InChI=1S/C24H17ClFN5O2S2/c25-19-5-2-1-4-15(19)12-18-13-27-23(35-18)28-21(32)14-34-24-30-29-22(20-6-3-11-33-20)31(24)17-9-7-16(26)8-10-17/h1-11,13H,12,14H2,(H,27,28,32). The molecule has 0 atom stereocenters. The lowest BCUT2D eigenvalue weighted by Gasteiger charge is -2.09. The van der Waals surface area contributed by atoms with Crippen molar-refractivity contribution in [1.82, 2.24) is 19.7 Å². The Balaban J connectivity index is 1.28. The molecule has 3 heterocycles. The maximum Gasteiger partial charge on any atom is 0.236 e. The number of nitrogens with one attached hydrogen (secondary N) is 1. The fourth-order valence-electron chi connectivity index (χ4n) is 3.31. The molecule has 0 aliphatic carbocycles. The van der Waals surface area contributed by atoms with Gasteiger partial charge in [0.2, 0.25) is 11.7 Å². The molecule has 0 fully saturated rings. The van der Waals surface area contributed by atoms with Gasteiger partial charge in [-0.2, -0.15) is 0 Å². The first-order valence-corrected chi connectivity index (χ1v) is 12.6. The molecular weight excluding hydrogens is 509 g/mol. The zero-order chi connectivity index (χ0) is 24.2. The Morgan fingerprint density at radius 1 is 1.11 bits per heavy atom. The molecule has 2 aromatic carbocycles. The highest BCUT2D eigenvalue weighted by Crippen LogP contribution is 2.29. The first-order valence-electron chi connectivity index (χ1n) is 10.4. The van der Waals surface area contributed by atoms with Crippen molar-refractivity contribution in [2.75, 3.05) is 11.1 Å². The van der Waals surface area contributed by atoms with Crippen LogP contribution >= 0.6 is 34.7 Å². The zero-order valence-electron chi connectivity index (χ0n) is 18.0. The molecule has 0 aliphatic rings. The van der Waals surface area contributed by atoms with Crippen LogP contribution in [-0.4, -0.2) is 31.4 Å². The minimum absolute atomic E-state index is 0.0803. The van der Waals surface area contributed by atoms with Gasteiger partial charge in [0.25, 0.3) is 0 Å². The van der Waals surface area contributed by atoms with Gasteiger partial charge >= 0.3 is 0 Å². The van der Waals surface area contributed by atoms with E-state index in [-0.39, 0.29) is 17.5 Å². The number of amides is 1. The van der Waals surface area contributed by atoms with Crippen molar-refractivity contribution in [3.8, 4) is 17.3 Å². The normalized spacial score (nSPS) is 11.0. The molecule has 3 aromatic heterocycles. The Morgan fingerprint density at radius 3 is 2.71 bits per heavy atom. The number of aromatic nitrogens is 4. The number of thiazole rings is 1. The maximum atomic E-state index is 13.5. The third kappa shape index (κ3) is 5.45. The lowest BCUT2D eigenvalue weighted by molar-refractivity contribution is -0.113. The largest absolute Gasteiger partial charge is 0.461 e. The second kappa shape index (κ2) is 10.4. The SMILES string of the molecule is O=C(CSc1nnc(-c2ccco2)n1-c1ccc(F)cc1)Nc1ncc(Cc2ccccc2Cl)s1. The van der Waals surface area contributed by atoms with Crippen LogP contribution in [0, 0.1) is 5.82 Å². The second-order valence-electron chi connectivity index (χ2n) is 7.33. The molecular formula is C24H17ClFN5O2S2. The quantitative estimate of drug-likeness (QED) is 0.246. The van der Waals surface area contributed by atoms with Crippen LogP contribution in [0.1, 0.15) is 10.4 Å². The average Bonchev–Trinajstić information content (AvgIpc) is 3.61. The van der Waals surface area contributed by atoms with Crippen LogP contribution < -0.4 is 5.32 Å². The van der Waals surface area contributed by atoms with Crippen LogP contribution in [0.2, 0.25) is 5.02 Å². The van der Waals surface area contributed by atoms with E-state index in [2.05, 4.69) is 20.5 Å². The van der Waals surface area contributed by atoms with Gasteiger partial charge in [0.05, 0.1) is 17.7 Å².